The van der Waals surface area contributed by atoms with Gasteiger partial charge in [-0.25, -0.2) is 0 Å². The van der Waals surface area contributed by atoms with Crippen molar-refractivity contribution < 1.29 is 9.47 Å². The van der Waals surface area contributed by atoms with E-state index in [1.807, 2.05) is 0 Å². The molecule has 0 aliphatic heterocycles. The van der Waals surface area contributed by atoms with Crippen LogP contribution in [0.4, 0.5) is 0 Å². The molecule has 25 heavy (non-hydrogen) atoms. The first kappa shape index (κ1) is 19.7. The van der Waals surface area contributed by atoms with E-state index < -0.39 is 8.07 Å². The van der Waals surface area contributed by atoms with Gasteiger partial charge in [-0.2, -0.15) is 5.26 Å². The Morgan fingerprint density at radius 2 is 1.88 bits per heavy atom. The van der Waals surface area contributed by atoms with Crippen molar-refractivity contribution in [1.29, 1.82) is 5.26 Å². The molecule has 0 saturated heterocycles. The van der Waals surface area contributed by atoms with Gasteiger partial charge in [0.05, 0.1) is 15.6 Å². The van der Waals surface area contributed by atoms with Crippen LogP contribution in [0.3, 0.4) is 0 Å². The number of halogens is 2. The zero-order valence-electron chi connectivity index (χ0n) is 14.5. The van der Waals surface area contributed by atoms with Gasteiger partial charge in [0, 0.05) is 44.3 Å². The molecule has 0 amide bonds. The monoisotopic (exact) mass is 394 g/mol. The predicted octanol–water partition coefficient (Wildman–Crippen LogP) is 5.62. The van der Waals surface area contributed by atoms with Crippen LogP contribution in [0.15, 0.2) is 30.6 Å². The van der Waals surface area contributed by atoms with Crippen molar-refractivity contribution in [3.8, 4) is 22.9 Å². The summed E-state index contributed by atoms with van der Waals surface area (Å²) < 4.78 is 11.4. The predicted molar refractivity (Wildman–Crippen MR) is 104 cm³/mol. The molecule has 132 valence electrons. The topological polar surface area (TPSA) is 55.1 Å². The molecule has 1 aromatic heterocycles. The number of hydrogen-bond donors (Lipinski definition) is 0. The number of benzene rings is 1. The van der Waals surface area contributed by atoms with E-state index in [2.05, 4.69) is 30.7 Å². The second-order valence-electron chi connectivity index (χ2n) is 6.78. The fraction of sp³-hybridized carbons (Fsp3) is 0.333. The highest BCUT2D eigenvalue weighted by Crippen LogP contribution is 2.38. The van der Waals surface area contributed by atoms with Gasteiger partial charge < -0.3 is 9.47 Å². The molecule has 0 radical (unpaired) electrons. The van der Waals surface area contributed by atoms with E-state index in [4.69, 9.17) is 32.7 Å². The normalized spacial score (nSPS) is 11.2. The lowest BCUT2D eigenvalue weighted by Gasteiger charge is -2.17. The summed E-state index contributed by atoms with van der Waals surface area (Å²) in [4.78, 5) is 3.98. The van der Waals surface area contributed by atoms with E-state index >= 15 is 0 Å². The number of rotatable bonds is 7. The van der Waals surface area contributed by atoms with Gasteiger partial charge in [0.15, 0.2) is 6.79 Å². The molecule has 1 heterocycles. The Morgan fingerprint density at radius 1 is 1.16 bits per heavy atom. The van der Waals surface area contributed by atoms with Crippen molar-refractivity contribution in [1.82, 2.24) is 4.98 Å². The third-order valence-electron chi connectivity index (χ3n) is 3.55. The molecule has 0 fully saturated rings. The Balaban J connectivity index is 2.20. The molecule has 0 saturated carbocycles. The van der Waals surface area contributed by atoms with Gasteiger partial charge in [-0.3, -0.25) is 4.98 Å². The third kappa shape index (κ3) is 5.72. The molecular formula is C18H20Cl2N2O2Si. The lowest BCUT2D eigenvalue weighted by molar-refractivity contribution is 0.0224. The molecule has 0 spiro atoms. The van der Waals surface area contributed by atoms with Gasteiger partial charge in [0.1, 0.15) is 11.8 Å². The van der Waals surface area contributed by atoms with Gasteiger partial charge >= 0.3 is 0 Å². The lowest BCUT2D eigenvalue weighted by atomic mass is 10.0. The molecule has 2 rings (SSSR count). The van der Waals surface area contributed by atoms with Crippen LogP contribution in [-0.4, -0.2) is 26.5 Å². The summed E-state index contributed by atoms with van der Waals surface area (Å²) in [6, 6.07) is 8.27. The van der Waals surface area contributed by atoms with Crippen molar-refractivity contribution in [2.24, 2.45) is 0 Å². The molecule has 0 aliphatic carbocycles. The van der Waals surface area contributed by atoms with E-state index in [0.717, 1.165) is 6.04 Å². The van der Waals surface area contributed by atoms with Crippen LogP contribution >= 0.6 is 23.2 Å². The molecule has 0 atom stereocenters. The molecule has 0 N–H and O–H groups in total. The summed E-state index contributed by atoms with van der Waals surface area (Å²) in [7, 11) is -1.14. The Bertz CT molecular complexity index is 786. The summed E-state index contributed by atoms with van der Waals surface area (Å²) in [5.74, 6) is 0.519. The maximum absolute atomic E-state index is 9.31. The number of aromatic nitrogens is 1. The number of hydrogen-bond acceptors (Lipinski definition) is 4. The minimum absolute atomic E-state index is 0.114. The van der Waals surface area contributed by atoms with Crippen LogP contribution in [0.2, 0.25) is 35.7 Å². The van der Waals surface area contributed by atoms with Crippen molar-refractivity contribution in [3.63, 3.8) is 0 Å². The third-order valence-corrected chi connectivity index (χ3v) is 5.97. The highest BCUT2D eigenvalue weighted by atomic mass is 35.5. The highest BCUT2D eigenvalue weighted by molar-refractivity contribution is 6.76. The van der Waals surface area contributed by atoms with Crippen LogP contribution in [-0.2, 0) is 4.74 Å². The van der Waals surface area contributed by atoms with Gasteiger partial charge in [-0.1, -0.05) is 42.8 Å². The zero-order chi connectivity index (χ0) is 18.4. The van der Waals surface area contributed by atoms with Crippen molar-refractivity contribution in [2.75, 3.05) is 13.4 Å². The Hall–Kier alpha value is -1.58. The SMILES string of the molecule is C[Si](C)(C)CCOCOc1cc(Cl)c(Cl)cc1-c1ccncc1C#N. The van der Waals surface area contributed by atoms with E-state index in [1.54, 1.807) is 24.4 Å². The number of nitrogens with zero attached hydrogens (tertiary/aromatic N) is 2. The zero-order valence-corrected chi connectivity index (χ0v) is 17.0. The van der Waals surface area contributed by atoms with Gasteiger partial charge in [-0.15, -0.1) is 0 Å². The van der Waals surface area contributed by atoms with Crippen LogP contribution < -0.4 is 4.74 Å². The van der Waals surface area contributed by atoms with E-state index in [1.165, 1.54) is 6.20 Å². The van der Waals surface area contributed by atoms with Crippen molar-refractivity contribution in [2.45, 2.75) is 25.7 Å². The lowest BCUT2D eigenvalue weighted by Crippen LogP contribution is -2.22. The van der Waals surface area contributed by atoms with Gasteiger partial charge in [0.25, 0.3) is 0 Å². The number of pyridine rings is 1. The number of ether oxygens (including phenoxy) is 2. The molecule has 0 aliphatic rings. The summed E-state index contributed by atoms with van der Waals surface area (Å²) in [6.07, 6.45) is 3.12. The molecular weight excluding hydrogens is 375 g/mol. The maximum atomic E-state index is 9.31. The van der Waals surface area contributed by atoms with E-state index in [0.29, 0.717) is 39.1 Å². The summed E-state index contributed by atoms with van der Waals surface area (Å²) in [5, 5.41) is 10.1. The first-order valence-corrected chi connectivity index (χ1v) is 12.3. The Morgan fingerprint density at radius 3 is 2.56 bits per heavy atom. The van der Waals surface area contributed by atoms with E-state index in [-0.39, 0.29) is 6.79 Å². The smallest absolute Gasteiger partial charge is 0.189 e. The Kier molecular flexibility index (Phi) is 6.85. The molecule has 4 nitrogen and oxygen atoms in total. The van der Waals surface area contributed by atoms with E-state index in [9.17, 15) is 5.26 Å². The average molecular weight is 395 g/mol. The standard InChI is InChI=1S/C18H20Cl2N2O2Si/c1-25(2,3)7-6-23-12-24-18-9-17(20)16(19)8-15(18)14-4-5-22-11-13(14)10-21/h4-5,8-9,11H,6-7,12H2,1-3H3. The largest absolute Gasteiger partial charge is 0.467 e. The first-order valence-electron chi connectivity index (χ1n) is 7.86. The van der Waals surface area contributed by atoms with Gasteiger partial charge in [0.2, 0.25) is 0 Å². The second-order valence-corrected chi connectivity index (χ2v) is 13.2. The summed E-state index contributed by atoms with van der Waals surface area (Å²) in [6.45, 7) is 7.65. The molecule has 0 unspecified atom stereocenters. The van der Waals surface area contributed by atoms with Gasteiger partial charge in [-0.05, 0) is 18.2 Å². The van der Waals surface area contributed by atoms with Crippen LogP contribution in [0, 0.1) is 11.3 Å². The Labute approximate surface area is 159 Å². The minimum Gasteiger partial charge on any atom is -0.467 e. The van der Waals surface area contributed by atoms with Crippen LogP contribution in [0.25, 0.3) is 11.1 Å². The summed E-state index contributed by atoms with van der Waals surface area (Å²) in [5.41, 5.74) is 1.81. The maximum Gasteiger partial charge on any atom is 0.189 e. The van der Waals surface area contributed by atoms with Crippen molar-refractivity contribution >= 4 is 31.3 Å². The average Bonchev–Trinajstić information content (AvgIpc) is 2.56. The minimum atomic E-state index is -1.14. The molecule has 2 aromatic rings. The number of nitriles is 1. The molecule has 0 bridgehead atoms. The second kappa shape index (κ2) is 8.68. The van der Waals surface area contributed by atoms with Crippen LogP contribution in [0.1, 0.15) is 5.56 Å². The summed E-state index contributed by atoms with van der Waals surface area (Å²) >= 11 is 12.3. The molecule has 1 aromatic carbocycles. The van der Waals surface area contributed by atoms with Crippen molar-refractivity contribution in [3.05, 3.63) is 46.2 Å². The quantitative estimate of drug-likeness (QED) is 0.347. The fourth-order valence-corrected chi connectivity index (χ4v) is 3.19. The van der Waals surface area contributed by atoms with Crippen LogP contribution in [0.5, 0.6) is 5.75 Å². The first-order chi connectivity index (χ1) is 11.8. The molecule has 7 heteroatoms. The fourth-order valence-electron chi connectivity index (χ4n) is 2.12. The highest BCUT2D eigenvalue weighted by Gasteiger charge is 2.15.